The van der Waals surface area contributed by atoms with Crippen LogP contribution in [0.15, 0.2) is 52.8 Å². The van der Waals surface area contributed by atoms with E-state index < -0.39 is 5.97 Å². The predicted octanol–water partition coefficient (Wildman–Crippen LogP) is 4.53. The summed E-state index contributed by atoms with van der Waals surface area (Å²) in [4.78, 5) is 22.5. The molecule has 0 N–H and O–H groups in total. The van der Waals surface area contributed by atoms with E-state index in [9.17, 15) is 9.18 Å². The number of methoxy groups -OCH3 is 1. The second kappa shape index (κ2) is 9.29. The fourth-order valence-electron chi connectivity index (χ4n) is 3.82. The van der Waals surface area contributed by atoms with E-state index in [1.54, 1.807) is 19.1 Å². The molecule has 3 rings (SSSR count). The molecule has 2 aromatic carbocycles. The molecular weight excluding hydrogens is 399 g/mol. The Morgan fingerprint density at radius 3 is 2.61 bits per heavy atom. The molecule has 2 aromatic rings. The Morgan fingerprint density at radius 1 is 1.19 bits per heavy atom. The average Bonchev–Trinajstić information content (AvgIpc) is 3.47. The SMILES string of the molecule is CO/N=C(/C(=O)OC)c1ccccc1CO/N=C(/C)[C@@H]1C[C@@]1(C)c1ccc(F)c(C)c1. The van der Waals surface area contributed by atoms with Gasteiger partial charge in [0.2, 0.25) is 0 Å². The van der Waals surface area contributed by atoms with Crippen molar-refractivity contribution in [2.24, 2.45) is 16.2 Å². The van der Waals surface area contributed by atoms with Crippen molar-refractivity contribution >= 4 is 17.4 Å². The summed E-state index contributed by atoms with van der Waals surface area (Å²) in [5, 5.41) is 8.11. The number of esters is 1. The molecule has 0 unspecified atom stereocenters. The molecule has 7 heteroatoms. The van der Waals surface area contributed by atoms with Gasteiger partial charge < -0.3 is 14.4 Å². The second-order valence-electron chi connectivity index (χ2n) is 7.92. The Hall–Kier alpha value is -3.22. The number of carbonyl (C=O) groups is 1. The minimum Gasteiger partial charge on any atom is -0.464 e. The van der Waals surface area contributed by atoms with Crippen LogP contribution in [0.4, 0.5) is 4.39 Å². The van der Waals surface area contributed by atoms with Gasteiger partial charge in [0, 0.05) is 22.5 Å². The van der Waals surface area contributed by atoms with Crippen LogP contribution in [0.5, 0.6) is 0 Å². The largest absolute Gasteiger partial charge is 0.464 e. The highest BCUT2D eigenvalue weighted by Crippen LogP contribution is 2.54. The average molecular weight is 426 g/mol. The maximum atomic E-state index is 13.6. The zero-order valence-electron chi connectivity index (χ0n) is 18.4. The van der Waals surface area contributed by atoms with E-state index in [2.05, 4.69) is 17.2 Å². The minimum atomic E-state index is -0.600. The lowest BCUT2D eigenvalue weighted by molar-refractivity contribution is -0.132. The highest BCUT2D eigenvalue weighted by molar-refractivity contribution is 6.43. The van der Waals surface area contributed by atoms with Crippen LogP contribution in [0.25, 0.3) is 0 Å². The van der Waals surface area contributed by atoms with Gasteiger partial charge in [-0.2, -0.15) is 0 Å². The molecule has 6 nitrogen and oxygen atoms in total. The van der Waals surface area contributed by atoms with E-state index in [1.807, 2.05) is 31.2 Å². The molecule has 31 heavy (non-hydrogen) atoms. The van der Waals surface area contributed by atoms with Gasteiger partial charge >= 0.3 is 5.97 Å². The Labute approximate surface area is 181 Å². The lowest BCUT2D eigenvalue weighted by Crippen LogP contribution is -2.19. The number of rotatable bonds is 8. The van der Waals surface area contributed by atoms with Gasteiger partial charge in [-0.3, -0.25) is 0 Å². The van der Waals surface area contributed by atoms with Crippen LogP contribution >= 0.6 is 0 Å². The maximum Gasteiger partial charge on any atom is 0.360 e. The molecule has 0 bridgehead atoms. The first-order chi connectivity index (χ1) is 14.8. The normalized spacial score (nSPS) is 20.9. The monoisotopic (exact) mass is 426 g/mol. The van der Waals surface area contributed by atoms with E-state index in [0.29, 0.717) is 11.1 Å². The summed E-state index contributed by atoms with van der Waals surface area (Å²) in [6, 6.07) is 12.5. The van der Waals surface area contributed by atoms with Crippen LogP contribution in [0.1, 0.15) is 42.5 Å². The Balaban J connectivity index is 1.71. The molecule has 0 amide bonds. The zero-order valence-corrected chi connectivity index (χ0v) is 18.4. The van der Waals surface area contributed by atoms with E-state index in [0.717, 1.165) is 23.3 Å². The zero-order chi connectivity index (χ0) is 22.6. The standard InChI is InChI=1S/C24H27FN2O4/c1-15-12-18(10-11-21(15)25)24(3)13-20(24)16(2)26-31-14-17-8-6-7-9-19(17)22(27-30-5)23(28)29-4/h6-12,20H,13-14H2,1-5H3/b26-16-,27-22+/t20-,24-/m0/s1. The summed E-state index contributed by atoms with van der Waals surface area (Å²) >= 11 is 0. The number of aryl methyl sites for hydroxylation is 1. The number of oxime groups is 2. The third-order valence-corrected chi connectivity index (χ3v) is 5.82. The van der Waals surface area contributed by atoms with Gasteiger partial charge in [0.05, 0.1) is 12.8 Å². The lowest BCUT2D eigenvalue weighted by Gasteiger charge is -2.13. The second-order valence-corrected chi connectivity index (χ2v) is 7.92. The Kier molecular flexibility index (Phi) is 6.73. The quantitative estimate of drug-likeness (QED) is 0.353. The van der Waals surface area contributed by atoms with Crippen molar-refractivity contribution in [3.05, 3.63) is 70.5 Å². The molecule has 0 heterocycles. The summed E-state index contributed by atoms with van der Waals surface area (Å²) in [6.45, 7) is 6.02. The van der Waals surface area contributed by atoms with Crippen molar-refractivity contribution in [3.8, 4) is 0 Å². The van der Waals surface area contributed by atoms with Crippen molar-refractivity contribution in [2.45, 2.75) is 39.2 Å². The number of nitrogens with zero attached hydrogens (tertiary/aromatic N) is 2. The maximum absolute atomic E-state index is 13.6. The van der Waals surface area contributed by atoms with Crippen LogP contribution in [-0.2, 0) is 31.2 Å². The van der Waals surface area contributed by atoms with Crippen LogP contribution in [0, 0.1) is 18.7 Å². The van der Waals surface area contributed by atoms with Gasteiger partial charge in [-0.25, -0.2) is 9.18 Å². The minimum absolute atomic E-state index is 0.0614. The summed E-state index contributed by atoms with van der Waals surface area (Å²) in [7, 11) is 2.65. The van der Waals surface area contributed by atoms with Crippen molar-refractivity contribution in [2.75, 3.05) is 14.2 Å². The lowest BCUT2D eigenvalue weighted by atomic mass is 9.93. The molecule has 0 radical (unpaired) electrons. The van der Waals surface area contributed by atoms with Crippen LogP contribution in [-0.4, -0.2) is 31.6 Å². The molecule has 164 valence electrons. The Bertz CT molecular complexity index is 1030. The first kappa shape index (κ1) is 22.5. The summed E-state index contributed by atoms with van der Waals surface area (Å²) < 4.78 is 18.4. The molecule has 0 saturated heterocycles. The van der Waals surface area contributed by atoms with E-state index >= 15 is 0 Å². The smallest absolute Gasteiger partial charge is 0.360 e. The van der Waals surface area contributed by atoms with Gasteiger partial charge in [-0.15, -0.1) is 0 Å². The Morgan fingerprint density at radius 2 is 1.94 bits per heavy atom. The fraction of sp³-hybridized carbons (Fsp3) is 0.375. The molecule has 2 atom stereocenters. The molecule has 1 aliphatic rings. The molecular formula is C24H27FN2O4. The molecule has 1 aliphatic carbocycles. The number of hydrogen-bond donors (Lipinski definition) is 0. The fourth-order valence-corrected chi connectivity index (χ4v) is 3.82. The van der Waals surface area contributed by atoms with Gasteiger partial charge in [0.1, 0.15) is 19.5 Å². The van der Waals surface area contributed by atoms with Gasteiger partial charge in [0.25, 0.3) is 0 Å². The summed E-state index contributed by atoms with van der Waals surface area (Å²) in [5.41, 5.74) is 3.90. The molecule has 0 aliphatic heterocycles. The number of ether oxygens (including phenoxy) is 1. The van der Waals surface area contributed by atoms with Crippen LogP contribution < -0.4 is 0 Å². The van der Waals surface area contributed by atoms with Crippen molar-refractivity contribution in [1.29, 1.82) is 0 Å². The third kappa shape index (κ3) is 4.76. The molecule has 0 spiro atoms. The number of halogens is 1. The van der Waals surface area contributed by atoms with Gasteiger partial charge in [-0.1, -0.05) is 53.6 Å². The van der Waals surface area contributed by atoms with Gasteiger partial charge in [0.15, 0.2) is 5.71 Å². The highest BCUT2D eigenvalue weighted by atomic mass is 19.1. The predicted molar refractivity (Wildman–Crippen MR) is 116 cm³/mol. The van der Waals surface area contributed by atoms with E-state index in [-0.39, 0.29) is 29.5 Å². The number of carbonyl (C=O) groups excluding carboxylic acids is 1. The van der Waals surface area contributed by atoms with Crippen molar-refractivity contribution in [3.63, 3.8) is 0 Å². The third-order valence-electron chi connectivity index (χ3n) is 5.82. The van der Waals surface area contributed by atoms with E-state index in [4.69, 9.17) is 14.4 Å². The van der Waals surface area contributed by atoms with Crippen LogP contribution in [0.3, 0.4) is 0 Å². The summed E-state index contributed by atoms with van der Waals surface area (Å²) in [6.07, 6.45) is 0.931. The van der Waals surface area contributed by atoms with Crippen molar-refractivity contribution < 1.29 is 23.6 Å². The molecule has 1 saturated carbocycles. The van der Waals surface area contributed by atoms with Crippen LogP contribution in [0.2, 0.25) is 0 Å². The topological polar surface area (TPSA) is 69.5 Å². The number of benzene rings is 2. The first-order valence-corrected chi connectivity index (χ1v) is 10.0. The summed E-state index contributed by atoms with van der Waals surface area (Å²) in [5.74, 6) is -0.564. The first-order valence-electron chi connectivity index (χ1n) is 10.0. The van der Waals surface area contributed by atoms with E-state index in [1.165, 1.54) is 20.3 Å². The number of hydrogen-bond acceptors (Lipinski definition) is 6. The van der Waals surface area contributed by atoms with Crippen molar-refractivity contribution in [1.82, 2.24) is 0 Å². The highest BCUT2D eigenvalue weighted by Gasteiger charge is 2.53. The van der Waals surface area contributed by atoms with Gasteiger partial charge in [-0.05, 0) is 37.5 Å². The molecule has 0 aromatic heterocycles. The molecule has 1 fully saturated rings.